The van der Waals surface area contributed by atoms with Crippen LogP contribution in [0.1, 0.15) is 12.0 Å². The molecule has 3 heteroatoms. The van der Waals surface area contributed by atoms with Crippen LogP contribution in [0.15, 0.2) is 36.4 Å². The van der Waals surface area contributed by atoms with E-state index in [2.05, 4.69) is 47.2 Å². The summed E-state index contributed by atoms with van der Waals surface area (Å²) < 4.78 is 0. The lowest BCUT2D eigenvalue weighted by Gasteiger charge is -2.34. The van der Waals surface area contributed by atoms with Crippen LogP contribution < -0.4 is 4.90 Å². The minimum Gasteiger partial charge on any atom is -0.365 e. The molecule has 2 aromatic carbocycles. The zero-order valence-corrected chi connectivity index (χ0v) is 11.6. The molecule has 2 bridgehead atoms. The van der Waals surface area contributed by atoms with E-state index in [-0.39, 0.29) is 0 Å². The first-order chi connectivity index (χ1) is 9.78. The normalized spacial score (nSPS) is 25.3. The molecule has 2 aliphatic rings. The van der Waals surface area contributed by atoms with Crippen LogP contribution in [0.3, 0.4) is 0 Å². The van der Waals surface area contributed by atoms with Crippen molar-refractivity contribution >= 4 is 16.5 Å². The van der Waals surface area contributed by atoms with Gasteiger partial charge in [0, 0.05) is 41.6 Å². The van der Waals surface area contributed by atoms with Gasteiger partial charge in [0.2, 0.25) is 0 Å². The van der Waals surface area contributed by atoms with Crippen molar-refractivity contribution in [2.24, 2.45) is 0 Å². The number of fused-ring (bicyclic) bond motifs is 3. The van der Waals surface area contributed by atoms with Crippen molar-refractivity contribution < 1.29 is 0 Å². The Labute approximate surface area is 119 Å². The lowest BCUT2D eigenvalue weighted by Crippen LogP contribution is -2.44. The first-order valence-corrected chi connectivity index (χ1v) is 7.16. The molecule has 2 fully saturated rings. The lowest BCUT2D eigenvalue weighted by molar-refractivity contribution is 0.293. The number of rotatable bonds is 1. The average Bonchev–Trinajstić information content (AvgIpc) is 3.05. The van der Waals surface area contributed by atoms with Gasteiger partial charge in [-0.05, 0) is 25.6 Å². The highest BCUT2D eigenvalue weighted by atomic mass is 15.3. The van der Waals surface area contributed by atoms with Gasteiger partial charge in [-0.25, -0.2) is 0 Å². The maximum Gasteiger partial charge on any atom is 0.0998 e. The van der Waals surface area contributed by atoms with E-state index in [4.69, 9.17) is 0 Å². The maximum absolute atomic E-state index is 9.26. The third-order valence-corrected chi connectivity index (χ3v) is 4.85. The Balaban J connectivity index is 1.84. The zero-order valence-electron chi connectivity index (χ0n) is 11.6. The Morgan fingerprint density at radius 1 is 1.05 bits per heavy atom. The molecule has 2 aliphatic heterocycles. The van der Waals surface area contributed by atoms with Crippen LogP contribution in [0.25, 0.3) is 10.8 Å². The smallest absolute Gasteiger partial charge is 0.0998 e. The molecule has 2 aromatic rings. The largest absolute Gasteiger partial charge is 0.365 e. The molecule has 0 aromatic heterocycles. The van der Waals surface area contributed by atoms with Crippen molar-refractivity contribution in [3.63, 3.8) is 0 Å². The number of likely N-dealkylation sites (tertiary alicyclic amines) is 1. The predicted molar refractivity (Wildman–Crippen MR) is 80.8 cm³/mol. The number of piperazine rings is 1. The summed E-state index contributed by atoms with van der Waals surface area (Å²) in [7, 11) is 2.22. The molecule has 0 aliphatic carbocycles. The quantitative estimate of drug-likeness (QED) is 0.792. The minimum absolute atomic E-state index is 0.626. The van der Waals surface area contributed by atoms with Crippen molar-refractivity contribution in [2.75, 3.05) is 25.0 Å². The number of hydrogen-bond donors (Lipinski definition) is 0. The van der Waals surface area contributed by atoms with Crippen LogP contribution in [0.5, 0.6) is 0 Å². The van der Waals surface area contributed by atoms with E-state index in [1.165, 1.54) is 17.5 Å². The Bertz CT molecular complexity index is 714. The van der Waals surface area contributed by atoms with Crippen molar-refractivity contribution in [1.29, 1.82) is 5.26 Å². The predicted octanol–water partition coefficient (Wildman–Crippen LogP) is 2.60. The maximum atomic E-state index is 9.26. The molecule has 2 heterocycles. The second kappa shape index (κ2) is 4.22. The zero-order chi connectivity index (χ0) is 13.7. The second-order valence-electron chi connectivity index (χ2n) is 5.92. The third-order valence-electron chi connectivity index (χ3n) is 4.85. The van der Waals surface area contributed by atoms with Crippen molar-refractivity contribution in [3.05, 3.63) is 42.0 Å². The Hall–Kier alpha value is -2.05. The number of benzene rings is 2. The van der Waals surface area contributed by atoms with Gasteiger partial charge in [0.1, 0.15) is 0 Å². The molecule has 0 unspecified atom stereocenters. The van der Waals surface area contributed by atoms with Gasteiger partial charge in [0.25, 0.3) is 0 Å². The number of nitriles is 1. The average molecular weight is 263 g/mol. The fourth-order valence-corrected chi connectivity index (χ4v) is 3.79. The first kappa shape index (κ1) is 11.7. The summed E-state index contributed by atoms with van der Waals surface area (Å²) >= 11 is 0. The summed E-state index contributed by atoms with van der Waals surface area (Å²) in [6.45, 7) is 2.26. The number of likely N-dealkylation sites (N-methyl/N-ethyl adjacent to an activating group) is 1. The third kappa shape index (κ3) is 1.55. The molecular formula is C17H17N3. The van der Waals surface area contributed by atoms with Gasteiger partial charge in [-0.15, -0.1) is 0 Å². The molecule has 0 saturated carbocycles. The first-order valence-electron chi connectivity index (χ1n) is 7.16. The van der Waals surface area contributed by atoms with Gasteiger partial charge in [0.15, 0.2) is 0 Å². The SMILES string of the molecule is CN1C[C@@H]2C[C@H]1CN2c1ccc(C#N)c2ccccc12. The van der Waals surface area contributed by atoms with Gasteiger partial charge < -0.3 is 4.90 Å². The minimum atomic E-state index is 0.626. The summed E-state index contributed by atoms with van der Waals surface area (Å²) in [6, 6.07) is 16.0. The molecule has 3 nitrogen and oxygen atoms in total. The van der Waals surface area contributed by atoms with Gasteiger partial charge in [-0.3, -0.25) is 4.90 Å². The fraction of sp³-hybridized carbons (Fsp3) is 0.353. The molecule has 0 amide bonds. The summed E-state index contributed by atoms with van der Waals surface area (Å²) in [5.74, 6) is 0. The summed E-state index contributed by atoms with van der Waals surface area (Å²) in [6.07, 6.45) is 1.27. The molecule has 100 valence electrons. The van der Waals surface area contributed by atoms with Crippen molar-refractivity contribution in [1.82, 2.24) is 4.90 Å². The van der Waals surface area contributed by atoms with Crippen LogP contribution in [-0.4, -0.2) is 37.1 Å². The van der Waals surface area contributed by atoms with E-state index in [9.17, 15) is 5.26 Å². The highest BCUT2D eigenvalue weighted by molar-refractivity contribution is 5.98. The standard InChI is InChI=1S/C17H17N3/c1-19-10-14-8-13(19)11-20(14)17-7-6-12(9-18)15-4-2-3-5-16(15)17/h2-7,13-14H,8,10-11H2,1H3/t13-,14-/m0/s1. The molecule has 0 N–H and O–H groups in total. The molecule has 2 saturated heterocycles. The van der Waals surface area contributed by atoms with E-state index in [1.807, 2.05) is 12.1 Å². The summed E-state index contributed by atoms with van der Waals surface area (Å²) in [5.41, 5.74) is 2.06. The second-order valence-corrected chi connectivity index (χ2v) is 5.92. The Kier molecular flexibility index (Phi) is 2.48. The number of hydrogen-bond acceptors (Lipinski definition) is 3. The van der Waals surface area contributed by atoms with E-state index < -0.39 is 0 Å². The molecule has 2 atom stereocenters. The summed E-state index contributed by atoms with van der Waals surface area (Å²) in [5, 5.41) is 11.5. The monoisotopic (exact) mass is 263 g/mol. The fourth-order valence-electron chi connectivity index (χ4n) is 3.79. The molecular weight excluding hydrogens is 246 g/mol. The van der Waals surface area contributed by atoms with E-state index in [0.29, 0.717) is 12.1 Å². The van der Waals surface area contributed by atoms with Crippen LogP contribution >= 0.6 is 0 Å². The van der Waals surface area contributed by atoms with E-state index in [1.54, 1.807) is 0 Å². The van der Waals surface area contributed by atoms with Gasteiger partial charge in [-0.1, -0.05) is 24.3 Å². The van der Waals surface area contributed by atoms with Crippen LogP contribution in [-0.2, 0) is 0 Å². The molecule has 20 heavy (non-hydrogen) atoms. The van der Waals surface area contributed by atoms with Gasteiger partial charge in [-0.2, -0.15) is 5.26 Å². The number of nitrogens with zero attached hydrogens (tertiary/aromatic N) is 3. The molecule has 0 spiro atoms. The number of anilines is 1. The van der Waals surface area contributed by atoms with Crippen LogP contribution in [0, 0.1) is 11.3 Å². The topological polar surface area (TPSA) is 30.3 Å². The molecule has 4 rings (SSSR count). The van der Waals surface area contributed by atoms with Crippen LogP contribution in [0.2, 0.25) is 0 Å². The van der Waals surface area contributed by atoms with Gasteiger partial charge >= 0.3 is 0 Å². The highest BCUT2D eigenvalue weighted by Crippen LogP contribution is 2.37. The van der Waals surface area contributed by atoms with Crippen LogP contribution in [0.4, 0.5) is 5.69 Å². The summed E-state index contributed by atoms with van der Waals surface area (Å²) in [4.78, 5) is 5.00. The van der Waals surface area contributed by atoms with Gasteiger partial charge in [0.05, 0.1) is 11.6 Å². The van der Waals surface area contributed by atoms with E-state index >= 15 is 0 Å². The Morgan fingerprint density at radius 3 is 2.50 bits per heavy atom. The lowest BCUT2D eigenvalue weighted by atomic mass is 10.0. The van der Waals surface area contributed by atoms with Crippen molar-refractivity contribution in [3.8, 4) is 6.07 Å². The van der Waals surface area contributed by atoms with E-state index in [0.717, 1.165) is 24.0 Å². The highest BCUT2D eigenvalue weighted by Gasteiger charge is 2.41. The molecule has 0 radical (unpaired) electrons. The Morgan fingerprint density at radius 2 is 1.85 bits per heavy atom. The van der Waals surface area contributed by atoms with Crippen molar-refractivity contribution in [2.45, 2.75) is 18.5 Å².